The minimum atomic E-state index is -1.36. The molecular formula is C45H68N6O10. The zero-order valence-electron chi connectivity index (χ0n) is 38.0. The highest BCUT2D eigenvalue weighted by Crippen LogP contribution is 2.31. The first-order valence-corrected chi connectivity index (χ1v) is 21.6. The Labute approximate surface area is 360 Å². The average Bonchev–Trinajstić information content (AvgIpc) is 3.94. The molecule has 3 aliphatic rings. The van der Waals surface area contributed by atoms with Gasteiger partial charge in [-0.25, -0.2) is 4.79 Å². The third kappa shape index (κ3) is 10.9. The highest BCUT2D eigenvalue weighted by Gasteiger charge is 2.48. The van der Waals surface area contributed by atoms with E-state index in [4.69, 9.17) is 9.47 Å². The number of benzene rings is 1. The van der Waals surface area contributed by atoms with Crippen LogP contribution in [0.15, 0.2) is 36.1 Å². The fourth-order valence-electron chi connectivity index (χ4n) is 8.95. The van der Waals surface area contributed by atoms with Crippen LogP contribution in [-0.4, -0.2) is 155 Å². The van der Waals surface area contributed by atoms with E-state index in [1.165, 1.54) is 40.0 Å². The van der Waals surface area contributed by atoms with Crippen molar-refractivity contribution >= 4 is 41.4 Å². The average molecular weight is 853 g/mol. The summed E-state index contributed by atoms with van der Waals surface area (Å²) in [6.45, 7) is 15.1. The summed E-state index contributed by atoms with van der Waals surface area (Å²) in [6, 6.07) is 1.34. The second-order valence-electron chi connectivity index (χ2n) is 18.2. The minimum absolute atomic E-state index is 0.0136. The first kappa shape index (κ1) is 48.7. The monoisotopic (exact) mass is 852 g/mol. The molecule has 1 aromatic carbocycles. The van der Waals surface area contributed by atoms with E-state index in [1.807, 2.05) is 60.5 Å². The number of carbonyl (C=O) groups excluding carboxylic acids is 7. The van der Waals surface area contributed by atoms with Crippen molar-refractivity contribution in [2.24, 2.45) is 23.7 Å². The van der Waals surface area contributed by atoms with Crippen LogP contribution in [0.2, 0.25) is 0 Å². The van der Waals surface area contributed by atoms with Crippen molar-refractivity contribution in [2.75, 3.05) is 41.3 Å². The van der Waals surface area contributed by atoms with Gasteiger partial charge in [-0.05, 0) is 81.1 Å². The third-order valence-corrected chi connectivity index (χ3v) is 12.0. The van der Waals surface area contributed by atoms with Crippen LogP contribution >= 0.6 is 0 Å². The van der Waals surface area contributed by atoms with Gasteiger partial charge < -0.3 is 34.6 Å². The van der Waals surface area contributed by atoms with Gasteiger partial charge in [-0.15, -0.1) is 0 Å². The standard InChI is InChI=1S/C45H68N6O10/c1-25(2)36(46-40(54)37(26(3)4)47(9)10)42(56)48(11)38(27(5)6)43(57)49-21-13-15-31(49)41(55)50-22-14-16-32(50)45(59)61-39(28(7)8)44(58)51-33(34(60-12)24-35(51)53)23-29-17-19-30(52)20-18-29/h17-20,24-28,31-33,36-39,52H,13-16,21-23H2,1-12H3,(H,46,54)/t31-,32-,33-,36-,37-,38-,39-/m0/s1. The number of methoxy groups -OCH3 is 1. The second kappa shape index (κ2) is 20.7. The number of phenolic OH excluding ortho intramolecular Hbond substituents is 1. The molecule has 0 saturated carbocycles. The maximum atomic E-state index is 14.5. The van der Waals surface area contributed by atoms with Gasteiger partial charge in [-0.2, -0.15) is 0 Å². The fraction of sp³-hybridized carbons (Fsp3) is 0.667. The molecule has 16 heteroatoms. The normalized spacial score (nSPS) is 21.3. The van der Waals surface area contributed by atoms with E-state index in [-0.39, 0.29) is 61.1 Å². The van der Waals surface area contributed by atoms with E-state index < -0.39 is 83.8 Å². The zero-order chi connectivity index (χ0) is 45.6. The first-order chi connectivity index (χ1) is 28.6. The molecule has 338 valence electrons. The number of imide groups is 1. The van der Waals surface area contributed by atoms with Crippen LogP contribution in [0.25, 0.3) is 0 Å². The maximum Gasteiger partial charge on any atom is 0.329 e. The lowest BCUT2D eigenvalue weighted by Crippen LogP contribution is -2.61. The SMILES string of the molecule is COC1=CC(=O)N(C(=O)[C@@H](OC(=O)[C@@H]2CCCN2C(=O)[C@@H]2CCCN2C(=O)[C@H](C(C)C)N(C)C(=O)[C@@H](NC(=O)[C@H](C(C)C)N(C)C)C(C)C)C(C)C)[C@H]1Cc1ccc(O)cc1. The van der Waals surface area contributed by atoms with E-state index in [1.54, 1.807) is 33.0 Å². The summed E-state index contributed by atoms with van der Waals surface area (Å²) in [5.74, 6) is -4.46. The largest absolute Gasteiger partial charge is 0.508 e. The quantitative estimate of drug-likeness (QED) is 0.220. The molecule has 3 aliphatic heterocycles. The highest BCUT2D eigenvalue weighted by atomic mass is 16.6. The second-order valence-corrected chi connectivity index (χ2v) is 18.2. The molecule has 0 bridgehead atoms. The van der Waals surface area contributed by atoms with Gasteiger partial charge in [0.15, 0.2) is 6.10 Å². The van der Waals surface area contributed by atoms with Gasteiger partial charge in [0, 0.05) is 32.6 Å². The predicted molar refractivity (Wildman–Crippen MR) is 227 cm³/mol. The van der Waals surface area contributed by atoms with E-state index in [0.717, 1.165) is 10.5 Å². The van der Waals surface area contributed by atoms with E-state index in [2.05, 4.69) is 5.32 Å². The minimum Gasteiger partial charge on any atom is -0.508 e. The summed E-state index contributed by atoms with van der Waals surface area (Å²) in [6.07, 6.45) is 1.75. The molecule has 0 aliphatic carbocycles. The summed E-state index contributed by atoms with van der Waals surface area (Å²) >= 11 is 0. The fourth-order valence-corrected chi connectivity index (χ4v) is 8.95. The van der Waals surface area contributed by atoms with Crippen LogP contribution in [0, 0.1) is 23.7 Å². The van der Waals surface area contributed by atoms with Crippen molar-refractivity contribution in [3.05, 3.63) is 41.7 Å². The molecule has 3 heterocycles. The van der Waals surface area contributed by atoms with Gasteiger partial charge in [-0.3, -0.25) is 38.6 Å². The van der Waals surface area contributed by atoms with Gasteiger partial charge in [0.25, 0.3) is 11.8 Å². The number of ether oxygens (including phenoxy) is 2. The number of nitrogens with zero attached hydrogens (tertiary/aromatic N) is 5. The molecule has 0 aromatic heterocycles. The van der Waals surface area contributed by atoms with Crippen molar-refractivity contribution in [2.45, 2.75) is 130 Å². The lowest BCUT2D eigenvalue weighted by atomic mass is 9.96. The van der Waals surface area contributed by atoms with Crippen LogP contribution < -0.4 is 5.32 Å². The lowest BCUT2D eigenvalue weighted by Gasteiger charge is -2.39. The van der Waals surface area contributed by atoms with E-state index >= 15 is 0 Å². The Morgan fingerprint density at radius 2 is 1.36 bits per heavy atom. The summed E-state index contributed by atoms with van der Waals surface area (Å²) in [7, 11) is 6.58. The molecule has 1 aromatic rings. The Kier molecular flexibility index (Phi) is 16.5. The van der Waals surface area contributed by atoms with E-state index in [9.17, 15) is 38.7 Å². The molecule has 2 fully saturated rings. The lowest BCUT2D eigenvalue weighted by molar-refractivity contribution is -0.170. The van der Waals surface area contributed by atoms with Crippen LogP contribution in [0.4, 0.5) is 0 Å². The topological polar surface area (TPSA) is 186 Å². The van der Waals surface area contributed by atoms with Gasteiger partial charge in [0.1, 0.15) is 41.7 Å². The summed E-state index contributed by atoms with van der Waals surface area (Å²) in [5.41, 5.74) is 0.734. The van der Waals surface area contributed by atoms with Gasteiger partial charge in [-0.1, -0.05) is 67.5 Å². The number of nitrogens with one attached hydrogen (secondary N) is 1. The number of carbonyl (C=O) groups is 7. The Balaban J connectivity index is 1.50. The Morgan fingerprint density at radius 3 is 1.89 bits per heavy atom. The molecular weight excluding hydrogens is 785 g/mol. The number of likely N-dealkylation sites (N-methyl/N-ethyl adjacent to an activating group) is 2. The molecule has 61 heavy (non-hydrogen) atoms. The van der Waals surface area contributed by atoms with Crippen molar-refractivity contribution in [1.29, 1.82) is 0 Å². The van der Waals surface area contributed by atoms with Crippen LogP contribution in [-0.2, 0) is 49.5 Å². The molecule has 7 atom stereocenters. The van der Waals surface area contributed by atoms with Crippen molar-refractivity contribution < 1.29 is 48.1 Å². The summed E-state index contributed by atoms with van der Waals surface area (Å²) in [5, 5.41) is 12.7. The van der Waals surface area contributed by atoms with Gasteiger partial charge in [0.2, 0.25) is 23.6 Å². The molecule has 16 nitrogen and oxygen atoms in total. The zero-order valence-corrected chi connectivity index (χ0v) is 38.0. The number of hydrogen-bond acceptors (Lipinski definition) is 11. The number of rotatable bonds is 17. The first-order valence-electron chi connectivity index (χ1n) is 21.6. The number of aromatic hydroxyl groups is 1. The van der Waals surface area contributed by atoms with Crippen LogP contribution in [0.3, 0.4) is 0 Å². The Morgan fingerprint density at radius 1 is 0.787 bits per heavy atom. The van der Waals surface area contributed by atoms with E-state index in [0.29, 0.717) is 19.3 Å². The van der Waals surface area contributed by atoms with Crippen LogP contribution in [0.5, 0.6) is 5.75 Å². The Bertz CT molecular complexity index is 1800. The molecule has 6 amide bonds. The van der Waals surface area contributed by atoms with Crippen molar-refractivity contribution in [3.8, 4) is 5.75 Å². The molecule has 4 rings (SSSR count). The number of likely N-dealkylation sites (tertiary alicyclic amines) is 2. The number of esters is 1. The van der Waals surface area contributed by atoms with Crippen molar-refractivity contribution in [3.63, 3.8) is 0 Å². The summed E-state index contributed by atoms with van der Waals surface area (Å²) < 4.78 is 11.4. The molecule has 0 unspecified atom stereocenters. The van der Waals surface area contributed by atoms with Gasteiger partial charge >= 0.3 is 5.97 Å². The smallest absolute Gasteiger partial charge is 0.329 e. The molecule has 0 spiro atoms. The molecule has 0 radical (unpaired) electrons. The highest BCUT2D eigenvalue weighted by molar-refractivity contribution is 6.06. The molecule has 2 N–H and O–H groups in total. The predicted octanol–water partition coefficient (Wildman–Crippen LogP) is 2.96. The maximum absolute atomic E-state index is 14.5. The van der Waals surface area contributed by atoms with Gasteiger partial charge in [0.05, 0.1) is 13.2 Å². The Hall–Kier alpha value is -4.99. The molecule has 2 saturated heterocycles. The summed E-state index contributed by atoms with van der Waals surface area (Å²) in [4.78, 5) is 105. The number of hydrogen-bond donors (Lipinski definition) is 2. The third-order valence-electron chi connectivity index (χ3n) is 12.0. The number of amides is 6. The van der Waals surface area contributed by atoms with Crippen LogP contribution in [0.1, 0.15) is 86.6 Å². The number of phenols is 1. The van der Waals surface area contributed by atoms with Crippen molar-refractivity contribution in [1.82, 2.24) is 29.8 Å².